The number of aryl methyl sites for hydroxylation is 1. The molecule has 0 radical (unpaired) electrons. The third kappa shape index (κ3) is 3.66. The Kier molecular flexibility index (Phi) is 4.96. The number of ether oxygens (including phenoxy) is 1. The van der Waals surface area contributed by atoms with Crippen LogP contribution in [0.3, 0.4) is 0 Å². The average molecular weight is 321 g/mol. The van der Waals surface area contributed by atoms with Gasteiger partial charge in [0.25, 0.3) is 0 Å². The van der Waals surface area contributed by atoms with Crippen molar-refractivity contribution in [3.8, 4) is 17.0 Å². The summed E-state index contributed by atoms with van der Waals surface area (Å²) in [5.41, 5.74) is 4.44. The number of nitrogens with zero attached hydrogens (tertiary/aromatic N) is 2. The number of hydrogen-bond acceptors (Lipinski definition) is 3. The zero-order chi connectivity index (χ0) is 16.9. The fourth-order valence-electron chi connectivity index (χ4n) is 2.75. The molecule has 1 N–H and O–H groups in total. The smallest absolute Gasteiger partial charge is 0.128 e. The van der Waals surface area contributed by atoms with Crippen molar-refractivity contribution in [2.45, 2.75) is 19.5 Å². The van der Waals surface area contributed by atoms with E-state index in [-0.39, 0.29) is 0 Å². The second-order valence-corrected chi connectivity index (χ2v) is 5.97. The van der Waals surface area contributed by atoms with Crippen molar-refractivity contribution >= 4 is 0 Å². The molecule has 0 unspecified atom stereocenters. The van der Waals surface area contributed by atoms with Crippen LogP contribution in [0.4, 0.5) is 0 Å². The van der Waals surface area contributed by atoms with Crippen LogP contribution in [0.5, 0.6) is 5.75 Å². The fourth-order valence-corrected chi connectivity index (χ4v) is 2.75. The largest absolute Gasteiger partial charge is 0.496 e. The van der Waals surface area contributed by atoms with Gasteiger partial charge in [0.15, 0.2) is 0 Å². The number of hydrogen-bond donors (Lipinski definition) is 1. The molecule has 0 aliphatic heterocycles. The number of aromatic nitrogens is 2. The molecular weight excluding hydrogens is 298 g/mol. The summed E-state index contributed by atoms with van der Waals surface area (Å²) in [5.74, 6) is 0.841. The van der Waals surface area contributed by atoms with E-state index in [1.54, 1.807) is 13.4 Å². The maximum absolute atomic E-state index is 5.49. The molecule has 3 rings (SSSR count). The Labute approximate surface area is 143 Å². The van der Waals surface area contributed by atoms with Crippen molar-refractivity contribution in [2.24, 2.45) is 7.05 Å². The first-order chi connectivity index (χ1) is 11.7. The van der Waals surface area contributed by atoms with Crippen LogP contribution in [-0.2, 0) is 13.6 Å². The molecule has 0 saturated heterocycles. The van der Waals surface area contributed by atoms with Crippen LogP contribution in [0, 0.1) is 0 Å². The third-order valence-corrected chi connectivity index (χ3v) is 4.16. The van der Waals surface area contributed by atoms with Crippen molar-refractivity contribution in [3.63, 3.8) is 0 Å². The predicted molar refractivity (Wildman–Crippen MR) is 96.9 cm³/mol. The van der Waals surface area contributed by atoms with Gasteiger partial charge in [0.2, 0.25) is 0 Å². The zero-order valence-electron chi connectivity index (χ0n) is 14.4. The fraction of sp³-hybridized carbons (Fsp3) is 0.250. The molecule has 3 aromatic rings. The molecule has 1 heterocycles. The van der Waals surface area contributed by atoms with Crippen LogP contribution >= 0.6 is 0 Å². The van der Waals surface area contributed by atoms with E-state index in [0.717, 1.165) is 23.6 Å². The van der Waals surface area contributed by atoms with Gasteiger partial charge in [0, 0.05) is 31.4 Å². The Bertz CT molecular complexity index is 796. The van der Waals surface area contributed by atoms with Gasteiger partial charge in [-0.2, -0.15) is 0 Å². The topological polar surface area (TPSA) is 39.1 Å². The quantitative estimate of drug-likeness (QED) is 0.747. The average Bonchev–Trinajstić information content (AvgIpc) is 3.06. The van der Waals surface area contributed by atoms with Crippen LogP contribution in [0.15, 0.2) is 61.1 Å². The molecule has 0 amide bonds. The van der Waals surface area contributed by atoms with Gasteiger partial charge in [-0.3, -0.25) is 0 Å². The molecule has 0 aliphatic carbocycles. The monoisotopic (exact) mass is 321 g/mol. The molecule has 0 aliphatic rings. The van der Waals surface area contributed by atoms with Crippen molar-refractivity contribution in [3.05, 3.63) is 72.2 Å². The van der Waals surface area contributed by atoms with E-state index >= 15 is 0 Å². The van der Waals surface area contributed by atoms with E-state index in [4.69, 9.17) is 4.74 Å². The summed E-state index contributed by atoms with van der Waals surface area (Å²) in [4.78, 5) is 4.44. The first kappa shape index (κ1) is 16.3. The molecule has 124 valence electrons. The molecule has 24 heavy (non-hydrogen) atoms. The van der Waals surface area contributed by atoms with E-state index < -0.39 is 0 Å². The van der Waals surface area contributed by atoms with Gasteiger partial charge >= 0.3 is 0 Å². The second-order valence-electron chi connectivity index (χ2n) is 5.97. The van der Waals surface area contributed by atoms with Gasteiger partial charge in [-0.25, -0.2) is 4.98 Å². The lowest BCUT2D eigenvalue weighted by Gasteiger charge is -2.15. The SMILES string of the molecule is COc1ccc(CN[C@H](C)c2ccccc2)cc1-c1cn(C)cn1. The van der Waals surface area contributed by atoms with Gasteiger partial charge in [-0.05, 0) is 30.2 Å². The van der Waals surface area contributed by atoms with Gasteiger partial charge in [-0.15, -0.1) is 0 Å². The molecule has 1 atom stereocenters. The van der Waals surface area contributed by atoms with Gasteiger partial charge in [0.1, 0.15) is 5.75 Å². The van der Waals surface area contributed by atoms with Crippen molar-refractivity contribution in [2.75, 3.05) is 7.11 Å². The van der Waals surface area contributed by atoms with Gasteiger partial charge in [-0.1, -0.05) is 36.4 Å². The van der Waals surface area contributed by atoms with E-state index in [1.807, 2.05) is 29.9 Å². The summed E-state index contributed by atoms with van der Waals surface area (Å²) in [5, 5.41) is 3.57. The minimum atomic E-state index is 0.298. The van der Waals surface area contributed by atoms with Crippen LogP contribution in [0.2, 0.25) is 0 Å². The van der Waals surface area contributed by atoms with Gasteiger partial charge < -0.3 is 14.6 Å². The molecular formula is C20H23N3O. The van der Waals surface area contributed by atoms with Crippen LogP contribution in [0.1, 0.15) is 24.1 Å². The van der Waals surface area contributed by atoms with Gasteiger partial charge in [0.05, 0.1) is 19.1 Å². The summed E-state index contributed by atoms with van der Waals surface area (Å²) in [6.45, 7) is 2.97. The Hall–Kier alpha value is -2.59. The van der Waals surface area contributed by atoms with E-state index in [2.05, 4.69) is 53.6 Å². The Morgan fingerprint density at radius 1 is 1.17 bits per heavy atom. The minimum Gasteiger partial charge on any atom is -0.496 e. The molecule has 4 heteroatoms. The van der Waals surface area contributed by atoms with Crippen molar-refractivity contribution < 1.29 is 4.74 Å². The van der Waals surface area contributed by atoms with Crippen LogP contribution in [-0.4, -0.2) is 16.7 Å². The normalized spacial score (nSPS) is 12.1. The standard InChI is InChI=1S/C20H23N3O/c1-15(17-7-5-4-6-8-17)21-12-16-9-10-20(24-3)18(11-16)19-13-23(2)14-22-19/h4-11,13-15,21H,12H2,1-3H3/t15-/m1/s1. The second kappa shape index (κ2) is 7.32. The molecule has 4 nitrogen and oxygen atoms in total. The molecule has 0 saturated carbocycles. The summed E-state index contributed by atoms with van der Waals surface area (Å²) < 4.78 is 7.43. The highest BCUT2D eigenvalue weighted by atomic mass is 16.5. The number of imidazole rings is 1. The number of nitrogens with one attached hydrogen (secondary N) is 1. The lowest BCUT2D eigenvalue weighted by Crippen LogP contribution is -2.18. The molecule has 0 fully saturated rings. The van der Waals surface area contributed by atoms with Crippen LogP contribution in [0.25, 0.3) is 11.3 Å². The third-order valence-electron chi connectivity index (χ3n) is 4.16. The minimum absolute atomic E-state index is 0.298. The Morgan fingerprint density at radius 3 is 2.62 bits per heavy atom. The number of methoxy groups -OCH3 is 1. The predicted octanol–water partition coefficient (Wildman–Crippen LogP) is 3.95. The lowest BCUT2D eigenvalue weighted by molar-refractivity contribution is 0.416. The molecule has 0 spiro atoms. The summed E-state index contributed by atoms with van der Waals surface area (Å²) >= 11 is 0. The maximum Gasteiger partial charge on any atom is 0.128 e. The molecule has 2 aromatic carbocycles. The zero-order valence-corrected chi connectivity index (χ0v) is 14.4. The number of rotatable bonds is 6. The number of benzene rings is 2. The van der Waals surface area contributed by atoms with Crippen molar-refractivity contribution in [1.29, 1.82) is 0 Å². The maximum atomic E-state index is 5.49. The Morgan fingerprint density at radius 2 is 1.96 bits per heavy atom. The molecule has 0 bridgehead atoms. The highest BCUT2D eigenvalue weighted by Crippen LogP contribution is 2.29. The first-order valence-electron chi connectivity index (χ1n) is 8.11. The van der Waals surface area contributed by atoms with E-state index in [9.17, 15) is 0 Å². The molecule has 1 aromatic heterocycles. The van der Waals surface area contributed by atoms with Crippen LogP contribution < -0.4 is 10.1 Å². The summed E-state index contributed by atoms with van der Waals surface area (Å²) in [7, 11) is 3.66. The highest BCUT2D eigenvalue weighted by Gasteiger charge is 2.10. The van der Waals surface area contributed by atoms with E-state index in [0.29, 0.717) is 6.04 Å². The first-order valence-corrected chi connectivity index (χ1v) is 8.11. The summed E-state index contributed by atoms with van der Waals surface area (Å²) in [6, 6.07) is 17.0. The summed E-state index contributed by atoms with van der Waals surface area (Å²) in [6.07, 6.45) is 3.80. The Balaban J connectivity index is 1.77. The highest BCUT2D eigenvalue weighted by molar-refractivity contribution is 5.67. The van der Waals surface area contributed by atoms with Crippen molar-refractivity contribution in [1.82, 2.24) is 14.9 Å². The van der Waals surface area contributed by atoms with E-state index in [1.165, 1.54) is 11.1 Å². The lowest BCUT2D eigenvalue weighted by atomic mass is 10.1.